The van der Waals surface area contributed by atoms with Gasteiger partial charge in [0.2, 0.25) is 15.9 Å². The van der Waals surface area contributed by atoms with Crippen molar-refractivity contribution >= 4 is 21.6 Å². The normalized spacial score (nSPS) is 14.5. The second-order valence-corrected chi connectivity index (χ2v) is 9.71. The Morgan fingerprint density at radius 3 is 2.56 bits per heavy atom. The van der Waals surface area contributed by atoms with E-state index < -0.39 is 33.7 Å². The minimum absolute atomic E-state index is 0.0570. The minimum Gasteiger partial charge on any atom is -0.490 e. The molecule has 0 saturated carbocycles. The Hall–Kier alpha value is -3.51. The van der Waals surface area contributed by atoms with Crippen LogP contribution in [-0.2, 0) is 14.8 Å². The van der Waals surface area contributed by atoms with Gasteiger partial charge in [-0.15, -0.1) is 0 Å². The number of benzene rings is 2. The van der Waals surface area contributed by atoms with Crippen LogP contribution in [0.3, 0.4) is 0 Å². The van der Waals surface area contributed by atoms with E-state index in [0.717, 1.165) is 6.07 Å². The number of rotatable bonds is 7. The zero-order valence-electron chi connectivity index (χ0n) is 18.6. The number of carbonyl (C=O) groups is 1. The fourth-order valence-corrected chi connectivity index (χ4v) is 4.72. The van der Waals surface area contributed by atoms with Crippen molar-refractivity contribution in [1.82, 2.24) is 19.5 Å². The number of nitrogens with zero attached hydrogens (tertiary/aromatic N) is 3. The van der Waals surface area contributed by atoms with Crippen LogP contribution in [0.25, 0.3) is 5.69 Å². The summed E-state index contributed by atoms with van der Waals surface area (Å²) in [4.78, 5) is 16.7. The van der Waals surface area contributed by atoms with Gasteiger partial charge in [0.25, 0.3) is 0 Å². The zero-order valence-corrected chi connectivity index (χ0v) is 19.4. The van der Waals surface area contributed by atoms with Gasteiger partial charge in [-0.1, -0.05) is 13.8 Å². The Morgan fingerprint density at radius 2 is 1.88 bits per heavy atom. The van der Waals surface area contributed by atoms with Gasteiger partial charge >= 0.3 is 0 Å². The molecule has 2 N–H and O–H groups in total. The van der Waals surface area contributed by atoms with Crippen LogP contribution in [0.5, 0.6) is 11.5 Å². The standard InChI is InChI=1S/C22H24FN5O5S/c1-14(2)21(22(29)26-15-4-6-18(17(23)10-15)28-13-24-12-25-28)27-34(30,31)16-5-7-19-20(11-16)33-9-3-8-32-19/h4-7,10-14,21,27H,3,8-9H2,1-2H3,(H,26,29). The van der Waals surface area contributed by atoms with Crippen molar-refractivity contribution in [3.8, 4) is 17.2 Å². The highest BCUT2D eigenvalue weighted by Gasteiger charge is 2.29. The number of anilines is 1. The number of sulfonamides is 1. The summed E-state index contributed by atoms with van der Waals surface area (Å²) in [7, 11) is -4.07. The van der Waals surface area contributed by atoms with Gasteiger partial charge in [0, 0.05) is 18.2 Å². The summed E-state index contributed by atoms with van der Waals surface area (Å²) in [5.74, 6) is -0.854. The number of aromatic nitrogens is 3. The molecule has 1 amide bonds. The van der Waals surface area contributed by atoms with Gasteiger partial charge < -0.3 is 14.8 Å². The molecule has 0 fully saturated rings. The lowest BCUT2D eigenvalue weighted by atomic mass is 10.0. The van der Waals surface area contributed by atoms with Gasteiger partial charge in [0.1, 0.15) is 24.4 Å². The van der Waals surface area contributed by atoms with Gasteiger partial charge in [-0.2, -0.15) is 9.82 Å². The maximum atomic E-state index is 14.5. The highest BCUT2D eigenvalue weighted by Crippen LogP contribution is 2.32. The zero-order chi connectivity index (χ0) is 24.3. The molecule has 2 heterocycles. The number of carbonyl (C=O) groups excluding carboxylic acids is 1. The largest absolute Gasteiger partial charge is 0.490 e. The van der Waals surface area contributed by atoms with Crippen LogP contribution in [0.4, 0.5) is 10.1 Å². The number of ether oxygens (including phenoxy) is 2. The van der Waals surface area contributed by atoms with Crippen molar-refractivity contribution in [2.45, 2.75) is 31.2 Å². The number of fused-ring (bicyclic) bond motifs is 1. The van der Waals surface area contributed by atoms with Gasteiger partial charge in [0.15, 0.2) is 17.3 Å². The Labute approximate surface area is 196 Å². The average molecular weight is 490 g/mol. The van der Waals surface area contributed by atoms with Gasteiger partial charge in [0.05, 0.1) is 18.1 Å². The van der Waals surface area contributed by atoms with Crippen molar-refractivity contribution in [3.63, 3.8) is 0 Å². The first-order chi connectivity index (χ1) is 16.2. The third-order valence-corrected chi connectivity index (χ3v) is 6.58. The van der Waals surface area contributed by atoms with Gasteiger partial charge in [-0.3, -0.25) is 4.79 Å². The summed E-state index contributed by atoms with van der Waals surface area (Å²) < 4.78 is 55.4. The van der Waals surface area contributed by atoms with E-state index >= 15 is 0 Å². The molecule has 0 spiro atoms. The SMILES string of the molecule is CC(C)C(NS(=O)(=O)c1ccc2c(c1)OCCCO2)C(=O)Nc1ccc(-n2cncn2)c(F)c1. The molecule has 12 heteroatoms. The number of nitrogens with one attached hydrogen (secondary N) is 2. The topological polar surface area (TPSA) is 124 Å². The monoisotopic (exact) mass is 489 g/mol. The molecular formula is C22H24FN5O5S. The summed E-state index contributed by atoms with van der Waals surface area (Å²) in [6.45, 7) is 4.30. The summed E-state index contributed by atoms with van der Waals surface area (Å²) in [6.07, 6.45) is 3.31. The predicted octanol–water partition coefficient (Wildman–Crippen LogP) is 2.51. The van der Waals surface area contributed by atoms with E-state index in [9.17, 15) is 17.6 Å². The Morgan fingerprint density at radius 1 is 1.12 bits per heavy atom. The molecule has 0 radical (unpaired) electrons. The molecule has 1 aliphatic heterocycles. The van der Waals surface area contributed by atoms with Crippen LogP contribution in [0.2, 0.25) is 0 Å². The molecule has 4 rings (SSSR count). The molecule has 180 valence electrons. The van der Waals surface area contributed by atoms with Crippen molar-refractivity contribution in [2.24, 2.45) is 5.92 Å². The van der Waals surface area contributed by atoms with Crippen LogP contribution in [0, 0.1) is 11.7 Å². The van der Waals surface area contributed by atoms with Gasteiger partial charge in [-0.25, -0.2) is 22.5 Å². The summed E-state index contributed by atoms with van der Waals surface area (Å²) in [6, 6.07) is 7.24. The highest BCUT2D eigenvalue weighted by atomic mass is 32.2. The third kappa shape index (κ3) is 5.18. The maximum Gasteiger partial charge on any atom is 0.242 e. The number of hydrogen-bond acceptors (Lipinski definition) is 7. The molecule has 1 aromatic heterocycles. The lowest BCUT2D eigenvalue weighted by molar-refractivity contribution is -0.118. The third-order valence-electron chi connectivity index (χ3n) is 5.14. The van der Waals surface area contributed by atoms with Crippen molar-refractivity contribution in [3.05, 3.63) is 54.9 Å². The molecule has 1 atom stereocenters. The van der Waals surface area contributed by atoms with Crippen LogP contribution in [0.1, 0.15) is 20.3 Å². The van der Waals surface area contributed by atoms with Crippen LogP contribution < -0.4 is 19.5 Å². The van der Waals surface area contributed by atoms with Crippen molar-refractivity contribution in [1.29, 1.82) is 0 Å². The van der Waals surface area contributed by atoms with Gasteiger partial charge in [-0.05, 0) is 36.2 Å². The summed E-state index contributed by atoms with van der Waals surface area (Å²) in [5.41, 5.74) is 0.331. The quantitative estimate of drug-likeness (QED) is 0.523. The molecule has 2 aromatic carbocycles. The molecule has 10 nitrogen and oxygen atoms in total. The minimum atomic E-state index is -4.07. The van der Waals surface area contributed by atoms with E-state index in [1.807, 2.05) is 0 Å². The van der Waals surface area contributed by atoms with Crippen LogP contribution in [0.15, 0.2) is 53.9 Å². The molecule has 3 aromatic rings. The number of halogens is 1. The van der Waals surface area contributed by atoms with E-state index in [2.05, 4.69) is 20.1 Å². The predicted molar refractivity (Wildman–Crippen MR) is 121 cm³/mol. The fourth-order valence-electron chi connectivity index (χ4n) is 3.36. The van der Waals surface area contributed by atoms with Crippen molar-refractivity contribution in [2.75, 3.05) is 18.5 Å². The van der Waals surface area contributed by atoms with Crippen molar-refractivity contribution < 1.29 is 27.1 Å². The van der Waals surface area contributed by atoms with Crippen LogP contribution >= 0.6 is 0 Å². The van der Waals surface area contributed by atoms with Crippen LogP contribution in [-0.4, -0.2) is 48.3 Å². The van der Waals surface area contributed by atoms with E-state index in [0.29, 0.717) is 31.1 Å². The molecule has 34 heavy (non-hydrogen) atoms. The lowest BCUT2D eigenvalue weighted by Crippen LogP contribution is -2.47. The second kappa shape index (κ2) is 9.77. The summed E-state index contributed by atoms with van der Waals surface area (Å²) >= 11 is 0. The Bertz CT molecular complexity index is 1280. The van der Waals surface area contributed by atoms with E-state index in [1.54, 1.807) is 13.8 Å². The first kappa shape index (κ1) is 23.6. The second-order valence-electron chi connectivity index (χ2n) is 8.00. The van der Waals surface area contributed by atoms with E-state index in [4.69, 9.17) is 9.47 Å². The maximum absolute atomic E-state index is 14.5. The van der Waals surface area contributed by atoms with E-state index in [-0.39, 0.29) is 16.3 Å². The fraction of sp³-hybridized carbons (Fsp3) is 0.318. The number of amides is 1. The molecule has 1 aliphatic rings. The molecular weight excluding hydrogens is 465 g/mol. The molecule has 0 saturated heterocycles. The number of hydrogen-bond donors (Lipinski definition) is 2. The first-order valence-electron chi connectivity index (χ1n) is 10.6. The van der Waals surface area contributed by atoms with E-state index in [1.165, 1.54) is 47.7 Å². The Kier molecular flexibility index (Phi) is 6.80. The summed E-state index contributed by atoms with van der Waals surface area (Å²) in [5, 5.41) is 6.45. The first-order valence-corrected chi connectivity index (χ1v) is 12.1. The molecule has 0 aliphatic carbocycles. The lowest BCUT2D eigenvalue weighted by Gasteiger charge is -2.22. The average Bonchev–Trinajstić information content (AvgIpc) is 3.21. The molecule has 1 unspecified atom stereocenters. The highest BCUT2D eigenvalue weighted by molar-refractivity contribution is 7.89. The Balaban J connectivity index is 1.51. The smallest absolute Gasteiger partial charge is 0.242 e. The molecule has 0 bridgehead atoms.